The van der Waals surface area contributed by atoms with Crippen LogP contribution in [-0.4, -0.2) is 56.9 Å². The zero-order valence-electron chi connectivity index (χ0n) is 19.4. The van der Waals surface area contributed by atoms with E-state index in [1.165, 1.54) is 17.0 Å². The standard InChI is InChI=1S/C26H24FN5O4/c27-19-4-2-18(3-5-19)26(9-11-36-12-10-26)32-15-21(29-30-32)16-1-6-20-17(13-16)14-31(25(20)35)22-7-8-23(33)28-24(22)34/h1-6,13,15,22H,7-12,14H2,(H,28,33,34). The number of fused-ring (bicyclic) bond motifs is 1. The maximum Gasteiger partial charge on any atom is 0.255 e. The van der Waals surface area contributed by atoms with E-state index in [1.807, 2.05) is 23.0 Å². The van der Waals surface area contributed by atoms with Crippen molar-refractivity contribution in [2.24, 2.45) is 0 Å². The van der Waals surface area contributed by atoms with Crippen molar-refractivity contribution in [1.29, 1.82) is 0 Å². The molecular formula is C26H24FN5O4. The number of benzene rings is 2. The molecule has 2 aromatic carbocycles. The van der Waals surface area contributed by atoms with Crippen LogP contribution >= 0.6 is 0 Å². The quantitative estimate of drug-likeness (QED) is 0.564. The van der Waals surface area contributed by atoms with E-state index >= 15 is 0 Å². The van der Waals surface area contributed by atoms with Gasteiger partial charge in [0.2, 0.25) is 11.8 Å². The van der Waals surface area contributed by atoms with Crippen molar-refractivity contribution in [3.05, 3.63) is 71.2 Å². The van der Waals surface area contributed by atoms with E-state index in [2.05, 4.69) is 15.6 Å². The Balaban J connectivity index is 1.29. The zero-order chi connectivity index (χ0) is 24.9. The van der Waals surface area contributed by atoms with Gasteiger partial charge in [0.25, 0.3) is 5.91 Å². The normalized spacial score (nSPS) is 21.4. The summed E-state index contributed by atoms with van der Waals surface area (Å²) in [5.74, 6) is -1.25. The molecule has 36 heavy (non-hydrogen) atoms. The number of ether oxygens (including phenoxy) is 1. The minimum Gasteiger partial charge on any atom is -0.381 e. The van der Waals surface area contributed by atoms with Crippen molar-refractivity contribution < 1.29 is 23.5 Å². The highest BCUT2D eigenvalue weighted by atomic mass is 19.1. The fourth-order valence-corrected chi connectivity index (χ4v) is 5.46. The first-order valence-corrected chi connectivity index (χ1v) is 12.0. The number of hydrogen-bond donors (Lipinski definition) is 1. The second-order valence-electron chi connectivity index (χ2n) is 9.47. The van der Waals surface area contributed by atoms with Gasteiger partial charge in [-0.1, -0.05) is 23.4 Å². The van der Waals surface area contributed by atoms with E-state index in [0.717, 1.165) is 16.7 Å². The molecule has 0 aliphatic carbocycles. The van der Waals surface area contributed by atoms with Gasteiger partial charge in [-0.15, -0.1) is 5.10 Å². The van der Waals surface area contributed by atoms with Crippen LogP contribution in [0.15, 0.2) is 48.7 Å². The first-order chi connectivity index (χ1) is 17.4. The number of amides is 3. The summed E-state index contributed by atoms with van der Waals surface area (Å²) in [7, 11) is 0. The molecule has 9 nitrogen and oxygen atoms in total. The lowest BCUT2D eigenvalue weighted by molar-refractivity contribution is -0.136. The van der Waals surface area contributed by atoms with E-state index in [1.54, 1.807) is 18.2 Å². The number of imide groups is 1. The van der Waals surface area contributed by atoms with Gasteiger partial charge in [0.15, 0.2) is 0 Å². The van der Waals surface area contributed by atoms with E-state index in [0.29, 0.717) is 50.3 Å². The Hall–Kier alpha value is -3.92. The molecule has 4 heterocycles. The van der Waals surface area contributed by atoms with Gasteiger partial charge >= 0.3 is 0 Å². The van der Waals surface area contributed by atoms with Crippen molar-refractivity contribution in [3.63, 3.8) is 0 Å². The van der Waals surface area contributed by atoms with Gasteiger partial charge in [0, 0.05) is 50.1 Å². The minimum absolute atomic E-state index is 0.214. The highest BCUT2D eigenvalue weighted by Gasteiger charge is 2.40. The smallest absolute Gasteiger partial charge is 0.255 e. The van der Waals surface area contributed by atoms with E-state index in [-0.39, 0.29) is 24.1 Å². The molecule has 0 bridgehead atoms. The Morgan fingerprint density at radius 3 is 2.58 bits per heavy atom. The molecule has 3 aromatic rings. The minimum atomic E-state index is -0.656. The molecule has 1 unspecified atom stereocenters. The SMILES string of the molecule is O=C1CCC(N2Cc3cc(-c4cn(C5(c6ccc(F)cc6)CCOCC5)nn4)ccc3C2=O)C(=O)N1. The van der Waals surface area contributed by atoms with Gasteiger partial charge in [0.05, 0.1) is 11.7 Å². The molecule has 0 radical (unpaired) electrons. The predicted molar refractivity (Wildman–Crippen MR) is 125 cm³/mol. The second-order valence-corrected chi connectivity index (χ2v) is 9.47. The molecule has 2 saturated heterocycles. The van der Waals surface area contributed by atoms with Crippen LogP contribution in [0.1, 0.15) is 47.2 Å². The van der Waals surface area contributed by atoms with Crippen LogP contribution in [0.25, 0.3) is 11.3 Å². The number of nitrogens with zero attached hydrogens (tertiary/aromatic N) is 4. The average Bonchev–Trinajstić information content (AvgIpc) is 3.50. The van der Waals surface area contributed by atoms with Gasteiger partial charge in [-0.2, -0.15) is 0 Å². The zero-order valence-corrected chi connectivity index (χ0v) is 19.4. The molecule has 3 aliphatic rings. The molecule has 0 spiro atoms. The lowest BCUT2D eigenvalue weighted by atomic mass is 9.83. The van der Waals surface area contributed by atoms with Gasteiger partial charge < -0.3 is 9.64 Å². The number of carbonyl (C=O) groups is 3. The van der Waals surface area contributed by atoms with Crippen molar-refractivity contribution in [1.82, 2.24) is 25.2 Å². The van der Waals surface area contributed by atoms with Crippen LogP contribution in [0.3, 0.4) is 0 Å². The third-order valence-corrected chi connectivity index (χ3v) is 7.45. The van der Waals surface area contributed by atoms with Crippen LogP contribution in [-0.2, 0) is 26.4 Å². The lowest BCUT2D eigenvalue weighted by Crippen LogP contribution is -2.52. The Kier molecular flexibility index (Phi) is 5.40. The van der Waals surface area contributed by atoms with E-state index in [4.69, 9.17) is 4.74 Å². The monoisotopic (exact) mass is 489 g/mol. The number of aromatic nitrogens is 3. The fourth-order valence-electron chi connectivity index (χ4n) is 5.46. The predicted octanol–water partition coefficient (Wildman–Crippen LogP) is 2.40. The molecule has 184 valence electrons. The highest BCUT2D eigenvalue weighted by molar-refractivity contribution is 6.05. The van der Waals surface area contributed by atoms with Crippen LogP contribution in [0.5, 0.6) is 0 Å². The van der Waals surface area contributed by atoms with Crippen molar-refractivity contribution in [2.45, 2.75) is 43.8 Å². The number of nitrogens with one attached hydrogen (secondary N) is 1. The molecule has 1 atom stereocenters. The molecule has 6 rings (SSSR count). The van der Waals surface area contributed by atoms with Crippen molar-refractivity contribution in [2.75, 3.05) is 13.2 Å². The Bertz CT molecular complexity index is 1360. The van der Waals surface area contributed by atoms with Crippen LogP contribution in [0.4, 0.5) is 4.39 Å². The van der Waals surface area contributed by atoms with Gasteiger partial charge in [0.1, 0.15) is 17.6 Å². The number of halogens is 1. The Morgan fingerprint density at radius 2 is 1.83 bits per heavy atom. The third-order valence-electron chi connectivity index (χ3n) is 7.45. The summed E-state index contributed by atoms with van der Waals surface area (Å²) in [6.45, 7) is 1.41. The maximum absolute atomic E-state index is 13.6. The van der Waals surface area contributed by atoms with Crippen LogP contribution < -0.4 is 5.32 Å². The van der Waals surface area contributed by atoms with Gasteiger partial charge in [-0.3, -0.25) is 19.7 Å². The topological polar surface area (TPSA) is 106 Å². The third kappa shape index (κ3) is 3.69. The second kappa shape index (κ2) is 8.63. The molecule has 1 aromatic heterocycles. The molecule has 1 N–H and O–H groups in total. The first-order valence-electron chi connectivity index (χ1n) is 12.0. The molecule has 3 aliphatic heterocycles. The maximum atomic E-state index is 13.6. The molecule has 10 heteroatoms. The number of hydrogen-bond acceptors (Lipinski definition) is 6. The molecular weight excluding hydrogens is 465 g/mol. The summed E-state index contributed by atoms with van der Waals surface area (Å²) >= 11 is 0. The van der Waals surface area contributed by atoms with E-state index in [9.17, 15) is 18.8 Å². The average molecular weight is 490 g/mol. The largest absolute Gasteiger partial charge is 0.381 e. The Labute approximate surface area is 206 Å². The summed E-state index contributed by atoms with van der Waals surface area (Å²) in [4.78, 5) is 38.3. The Morgan fingerprint density at radius 1 is 1.06 bits per heavy atom. The highest BCUT2D eigenvalue weighted by Crippen LogP contribution is 2.37. The van der Waals surface area contributed by atoms with Gasteiger partial charge in [-0.05, 0) is 41.8 Å². The summed E-state index contributed by atoms with van der Waals surface area (Å²) in [5.41, 5.74) is 3.26. The number of carbonyl (C=O) groups excluding carboxylic acids is 3. The van der Waals surface area contributed by atoms with Crippen molar-refractivity contribution >= 4 is 17.7 Å². The van der Waals surface area contributed by atoms with E-state index < -0.39 is 17.5 Å². The first kappa shape index (κ1) is 22.5. The summed E-state index contributed by atoms with van der Waals surface area (Å²) < 4.78 is 21.0. The summed E-state index contributed by atoms with van der Waals surface area (Å²) in [6.07, 6.45) is 3.78. The molecule has 3 amide bonds. The lowest BCUT2D eigenvalue weighted by Gasteiger charge is -2.37. The summed E-state index contributed by atoms with van der Waals surface area (Å²) in [5, 5.41) is 11.2. The van der Waals surface area contributed by atoms with Crippen LogP contribution in [0, 0.1) is 5.82 Å². The number of piperidine rings is 1. The molecule has 2 fully saturated rings. The number of rotatable bonds is 4. The molecule has 0 saturated carbocycles. The summed E-state index contributed by atoms with van der Waals surface area (Å²) in [6, 6.07) is 11.3. The fraction of sp³-hybridized carbons (Fsp3) is 0.346. The van der Waals surface area contributed by atoms with Gasteiger partial charge in [-0.25, -0.2) is 9.07 Å². The van der Waals surface area contributed by atoms with Crippen LogP contribution in [0.2, 0.25) is 0 Å². The van der Waals surface area contributed by atoms with Crippen molar-refractivity contribution in [3.8, 4) is 11.3 Å².